The Kier molecular flexibility index (Phi) is 9.16. The Hall–Kier alpha value is -2.74. The first-order valence-corrected chi connectivity index (χ1v) is 14.5. The van der Waals surface area contributed by atoms with Gasteiger partial charge in [-0.1, -0.05) is 30.4 Å². The summed E-state index contributed by atoms with van der Waals surface area (Å²) in [5, 5.41) is 8.77. The van der Waals surface area contributed by atoms with Crippen LogP contribution in [0.15, 0.2) is 64.4 Å². The summed E-state index contributed by atoms with van der Waals surface area (Å²) >= 11 is 0. The van der Waals surface area contributed by atoms with E-state index in [1.54, 1.807) is 6.07 Å². The molecule has 2 aromatic rings. The van der Waals surface area contributed by atoms with E-state index in [4.69, 9.17) is 5.11 Å². The van der Waals surface area contributed by atoms with Gasteiger partial charge in [-0.05, 0) is 61.8 Å². The van der Waals surface area contributed by atoms with Crippen molar-refractivity contribution in [1.82, 2.24) is 9.62 Å². The molecule has 0 bridgehead atoms. The third-order valence-electron chi connectivity index (χ3n) is 5.88. The molecule has 0 aromatic heterocycles. The van der Waals surface area contributed by atoms with E-state index in [9.17, 15) is 34.8 Å². The highest BCUT2D eigenvalue weighted by molar-refractivity contribution is 7.91. The molecule has 1 aliphatic rings. The molecule has 8 nitrogen and oxygen atoms in total. The SMILES string of the molecule is O=C(O)CCN1CCC(NS(=O)(=O)CC=Cc2cc(S(=O)(=O)c3ccccc3)ccc2C(F)(F)F)CC1. The Bertz CT molecular complexity index is 1340. The van der Waals surface area contributed by atoms with Crippen LogP contribution in [0.25, 0.3) is 6.08 Å². The number of likely N-dealkylation sites (tertiary alicyclic amines) is 1. The monoisotopic (exact) mass is 560 g/mol. The zero-order valence-corrected chi connectivity index (χ0v) is 21.3. The number of rotatable bonds is 10. The minimum atomic E-state index is -4.78. The molecule has 1 aliphatic heterocycles. The first-order chi connectivity index (χ1) is 17.3. The molecule has 1 heterocycles. The van der Waals surface area contributed by atoms with Crippen LogP contribution in [0.4, 0.5) is 13.2 Å². The van der Waals surface area contributed by atoms with Crippen molar-refractivity contribution in [3.63, 3.8) is 0 Å². The van der Waals surface area contributed by atoms with Crippen LogP contribution in [-0.4, -0.2) is 64.2 Å². The molecule has 0 unspecified atom stereocenters. The number of aliphatic carboxylic acids is 1. The van der Waals surface area contributed by atoms with Crippen molar-refractivity contribution >= 4 is 31.9 Å². The Morgan fingerprint density at radius 3 is 2.27 bits per heavy atom. The number of sulfone groups is 1. The largest absolute Gasteiger partial charge is 0.481 e. The maximum atomic E-state index is 13.6. The van der Waals surface area contributed by atoms with E-state index in [-0.39, 0.29) is 22.3 Å². The highest BCUT2D eigenvalue weighted by Crippen LogP contribution is 2.35. The van der Waals surface area contributed by atoms with Gasteiger partial charge < -0.3 is 10.0 Å². The summed E-state index contributed by atoms with van der Waals surface area (Å²) in [4.78, 5) is 12.2. The van der Waals surface area contributed by atoms with Crippen LogP contribution < -0.4 is 4.72 Å². The van der Waals surface area contributed by atoms with Crippen molar-refractivity contribution in [3.05, 3.63) is 65.7 Å². The molecule has 0 saturated carbocycles. The number of piperidine rings is 1. The second kappa shape index (κ2) is 11.8. The normalized spacial score (nSPS) is 16.3. The van der Waals surface area contributed by atoms with E-state index < -0.39 is 48.9 Å². The first kappa shape index (κ1) is 28.8. The van der Waals surface area contributed by atoms with Crippen molar-refractivity contribution in [2.75, 3.05) is 25.4 Å². The fraction of sp³-hybridized carbons (Fsp3) is 0.375. The van der Waals surface area contributed by atoms with Crippen molar-refractivity contribution in [1.29, 1.82) is 0 Å². The highest BCUT2D eigenvalue weighted by Gasteiger charge is 2.34. The molecule has 0 aliphatic carbocycles. The number of carboxylic acid groups (broad SMARTS) is 1. The second-order valence-electron chi connectivity index (χ2n) is 8.62. The summed E-state index contributed by atoms with van der Waals surface area (Å²) in [7, 11) is -7.95. The van der Waals surface area contributed by atoms with Gasteiger partial charge in [0.05, 0.1) is 27.5 Å². The van der Waals surface area contributed by atoms with Gasteiger partial charge in [0.2, 0.25) is 19.9 Å². The van der Waals surface area contributed by atoms with Crippen LogP contribution in [0, 0.1) is 0 Å². The molecule has 3 rings (SSSR count). The number of alkyl halides is 3. The van der Waals surface area contributed by atoms with Crippen molar-refractivity contribution in [2.24, 2.45) is 0 Å². The van der Waals surface area contributed by atoms with Crippen LogP contribution in [0.2, 0.25) is 0 Å². The van der Waals surface area contributed by atoms with Crippen LogP contribution in [0.1, 0.15) is 30.4 Å². The van der Waals surface area contributed by atoms with Gasteiger partial charge in [0, 0.05) is 12.6 Å². The Morgan fingerprint density at radius 2 is 1.68 bits per heavy atom. The lowest BCUT2D eigenvalue weighted by atomic mass is 10.1. The van der Waals surface area contributed by atoms with Gasteiger partial charge >= 0.3 is 12.1 Å². The zero-order valence-electron chi connectivity index (χ0n) is 19.7. The number of carboxylic acids is 1. The number of nitrogens with one attached hydrogen (secondary N) is 1. The summed E-state index contributed by atoms with van der Waals surface area (Å²) in [5.74, 6) is -1.51. The topological polar surface area (TPSA) is 121 Å². The van der Waals surface area contributed by atoms with Crippen molar-refractivity contribution < 1.29 is 39.9 Å². The minimum Gasteiger partial charge on any atom is -0.481 e. The molecular formula is C24H27F3N2O6S2. The van der Waals surface area contributed by atoms with Crippen molar-refractivity contribution in [2.45, 2.75) is 41.3 Å². The third kappa shape index (κ3) is 8.12. The van der Waals surface area contributed by atoms with E-state index >= 15 is 0 Å². The summed E-state index contributed by atoms with van der Waals surface area (Å²) < 4.78 is 93.9. The van der Waals surface area contributed by atoms with Crippen LogP contribution in [0.5, 0.6) is 0 Å². The molecule has 202 valence electrons. The summed E-state index contributed by atoms with van der Waals surface area (Å²) in [5.41, 5.74) is -1.55. The Balaban J connectivity index is 1.72. The fourth-order valence-corrected chi connectivity index (χ4v) is 6.48. The number of hydrogen-bond acceptors (Lipinski definition) is 6. The molecule has 0 radical (unpaired) electrons. The predicted molar refractivity (Wildman–Crippen MR) is 131 cm³/mol. The van der Waals surface area contributed by atoms with Gasteiger partial charge in [-0.25, -0.2) is 21.6 Å². The minimum absolute atomic E-state index is 0.00501. The number of carbonyl (C=O) groups is 1. The molecule has 13 heteroatoms. The lowest BCUT2D eigenvalue weighted by molar-refractivity contribution is -0.138. The lowest BCUT2D eigenvalue weighted by Crippen LogP contribution is -2.45. The number of sulfonamides is 1. The van der Waals surface area contributed by atoms with Gasteiger partial charge in [0.15, 0.2) is 0 Å². The maximum absolute atomic E-state index is 13.6. The van der Waals surface area contributed by atoms with E-state index in [1.165, 1.54) is 24.3 Å². The van der Waals surface area contributed by atoms with E-state index in [2.05, 4.69) is 4.72 Å². The molecule has 1 saturated heterocycles. The molecule has 1 fully saturated rings. The summed E-state index contributed by atoms with van der Waals surface area (Å²) in [6.07, 6.45) is -1.83. The number of halogens is 3. The van der Waals surface area contributed by atoms with E-state index in [0.29, 0.717) is 38.5 Å². The Labute approximate surface area is 213 Å². The molecule has 0 spiro atoms. The molecular weight excluding hydrogens is 533 g/mol. The fourth-order valence-electron chi connectivity index (χ4n) is 3.97. The van der Waals surface area contributed by atoms with Crippen LogP contribution in [-0.2, 0) is 30.8 Å². The molecule has 37 heavy (non-hydrogen) atoms. The first-order valence-electron chi connectivity index (χ1n) is 11.4. The average Bonchev–Trinajstić information content (AvgIpc) is 2.83. The molecule has 2 aromatic carbocycles. The highest BCUT2D eigenvalue weighted by atomic mass is 32.2. The predicted octanol–water partition coefficient (Wildman–Crippen LogP) is 3.41. The molecule has 0 amide bonds. The summed E-state index contributed by atoms with van der Waals surface area (Å²) in [6.45, 7) is 1.42. The smallest absolute Gasteiger partial charge is 0.416 e. The standard InChI is InChI=1S/C24H27F3N2O6S2/c25-24(26,27)22-9-8-21(37(34,35)20-6-2-1-3-7-20)17-18(22)5-4-16-36(32,33)28-19-10-13-29(14-11-19)15-12-23(30)31/h1-9,17,19,28H,10-16H2,(H,30,31). The van der Waals surface area contributed by atoms with Crippen LogP contribution in [0.3, 0.4) is 0 Å². The van der Waals surface area contributed by atoms with Gasteiger partial charge in [-0.3, -0.25) is 4.79 Å². The number of nitrogens with zero attached hydrogens (tertiary/aromatic N) is 1. The lowest BCUT2D eigenvalue weighted by Gasteiger charge is -2.31. The average molecular weight is 561 g/mol. The number of hydrogen-bond donors (Lipinski definition) is 2. The zero-order chi connectivity index (χ0) is 27.3. The van der Waals surface area contributed by atoms with Gasteiger partial charge in [0.1, 0.15) is 0 Å². The maximum Gasteiger partial charge on any atom is 0.416 e. The molecule has 0 atom stereocenters. The Morgan fingerprint density at radius 1 is 1.03 bits per heavy atom. The molecule has 2 N–H and O–H groups in total. The van der Waals surface area contributed by atoms with E-state index in [1.807, 2.05) is 4.90 Å². The third-order valence-corrected chi connectivity index (χ3v) is 8.97. The van der Waals surface area contributed by atoms with Gasteiger partial charge in [0.25, 0.3) is 0 Å². The van der Waals surface area contributed by atoms with Gasteiger partial charge in [-0.15, -0.1) is 0 Å². The second-order valence-corrected chi connectivity index (χ2v) is 12.4. The number of benzene rings is 2. The quantitative estimate of drug-likeness (QED) is 0.457. The van der Waals surface area contributed by atoms with E-state index in [0.717, 1.165) is 24.3 Å². The van der Waals surface area contributed by atoms with Crippen molar-refractivity contribution in [3.8, 4) is 0 Å². The summed E-state index contributed by atoms with van der Waals surface area (Å²) in [6, 6.07) is 9.32. The van der Waals surface area contributed by atoms with Gasteiger partial charge in [-0.2, -0.15) is 13.2 Å². The van der Waals surface area contributed by atoms with Crippen LogP contribution >= 0.6 is 0 Å².